The molecule has 3 rings (SSSR count). The molecule has 1 aromatic heterocycles. The van der Waals surface area contributed by atoms with Gasteiger partial charge in [0.15, 0.2) is 11.4 Å². The summed E-state index contributed by atoms with van der Waals surface area (Å²) in [6, 6.07) is 15.9. The topological polar surface area (TPSA) is 125 Å². The Kier molecular flexibility index (Phi) is 13.4. The van der Waals surface area contributed by atoms with Crippen LogP contribution in [0.25, 0.3) is 0 Å². The number of benzene rings is 2. The monoisotopic (exact) mass is 633 g/mol. The van der Waals surface area contributed by atoms with Crippen molar-refractivity contribution in [1.82, 2.24) is 15.6 Å². The molecule has 0 fully saturated rings. The van der Waals surface area contributed by atoms with Crippen molar-refractivity contribution in [1.29, 1.82) is 0 Å². The Balaban J connectivity index is 1.91. The minimum absolute atomic E-state index is 0.0795. The lowest BCUT2D eigenvalue weighted by atomic mass is 9.85. The Morgan fingerprint density at radius 2 is 1.33 bits per heavy atom. The first-order valence-corrected chi connectivity index (χ1v) is 15.8. The van der Waals surface area contributed by atoms with Crippen molar-refractivity contribution in [3.8, 4) is 23.0 Å². The molecule has 0 spiro atoms. The Bertz CT molecular complexity index is 1390. The van der Waals surface area contributed by atoms with Crippen LogP contribution in [0.15, 0.2) is 60.8 Å². The van der Waals surface area contributed by atoms with Crippen LogP contribution in [0.4, 0.5) is 0 Å². The first-order chi connectivity index (χ1) is 22.0. The molecule has 0 aliphatic carbocycles. The summed E-state index contributed by atoms with van der Waals surface area (Å²) < 4.78 is 22.1. The van der Waals surface area contributed by atoms with E-state index < -0.39 is 23.8 Å². The van der Waals surface area contributed by atoms with Crippen molar-refractivity contribution in [2.75, 3.05) is 20.3 Å². The lowest BCUT2D eigenvalue weighted by molar-refractivity contribution is -0.137. The number of hydrogen-bond acceptors (Lipinski definition) is 8. The van der Waals surface area contributed by atoms with Crippen LogP contribution in [0.5, 0.6) is 23.0 Å². The third-order valence-electron chi connectivity index (χ3n) is 7.28. The van der Waals surface area contributed by atoms with E-state index in [9.17, 15) is 14.4 Å². The van der Waals surface area contributed by atoms with Gasteiger partial charge >= 0.3 is 5.97 Å². The minimum atomic E-state index is -0.891. The van der Waals surface area contributed by atoms with Gasteiger partial charge in [0.05, 0.1) is 26.2 Å². The van der Waals surface area contributed by atoms with Crippen molar-refractivity contribution >= 4 is 17.8 Å². The molecule has 10 nitrogen and oxygen atoms in total. The van der Waals surface area contributed by atoms with Crippen molar-refractivity contribution in [3.05, 3.63) is 77.6 Å². The first kappa shape index (κ1) is 35.9. The van der Waals surface area contributed by atoms with E-state index in [-0.39, 0.29) is 41.0 Å². The summed E-state index contributed by atoms with van der Waals surface area (Å²) in [5, 5.41) is 5.99. The fourth-order valence-electron chi connectivity index (χ4n) is 5.05. The molecule has 46 heavy (non-hydrogen) atoms. The van der Waals surface area contributed by atoms with Crippen molar-refractivity contribution in [2.24, 2.45) is 11.8 Å². The molecular formula is C36H47N3O7. The average molecular weight is 634 g/mol. The van der Waals surface area contributed by atoms with Gasteiger partial charge < -0.3 is 29.6 Å². The molecule has 0 aliphatic heterocycles. The number of amides is 2. The molecule has 10 heteroatoms. The highest BCUT2D eigenvalue weighted by Crippen LogP contribution is 2.32. The van der Waals surface area contributed by atoms with Crippen LogP contribution in [0, 0.1) is 11.8 Å². The van der Waals surface area contributed by atoms with E-state index in [0.717, 1.165) is 22.6 Å². The van der Waals surface area contributed by atoms with E-state index in [1.807, 2.05) is 83.1 Å². The van der Waals surface area contributed by atoms with Crippen LogP contribution in [0.1, 0.15) is 82.4 Å². The molecule has 2 aromatic carbocycles. The number of nitrogens with one attached hydrogen (secondary N) is 2. The highest BCUT2D eigenvalue weighted by atomic mass is 16.6. The highest BCUT2D eigenvalue weighted by molar-refractivity contribution is 5.99. The summed E-state index contributed by atoms with van der Waals surface area (Å²) in [7, 11) is 1.41. The van der Waals surface area contributed by atoms with Gasteiger partial charge in [0.1, 0.15) is 17.5 Å². The number of aromatic nitrogens is 1. The number of ether oxygens (including phenoxy) is 4. The molecule has 248 valence electrons. The normalized spacial score (nSPS) is 12.4. The molecule has 1 heterocycles. The number of rotatable bonds is 16. The molecule has 3 aromatic rings. The number of pyridine rings is 1. The van der Waals surface area contributed by atoms with Crippen LogP contribution in [0.3, 0.4) is 0 Å². The van der Waals surface area contributed by atoms with E-state index in [0.29, 0.717) is 19.6 Å². The summed E-state index contributed by atoms with van der Waals surface area (Å²) in [6.07, 6.45) is 1.75. The average Bonchev–Trinajstić information content (AvgIpc) is 3.02. The van der Waals surface area contributed by atoms with E-state index in [2.05, 4.69) is 15.6 Å². The Morgan fingerprint density at radius 3 is 1.78 bits per heavy atom. The zero-order valence-corrected chi connectivity index (χ0v) is 28.1. The Hall–Kier alpha value is -4.60. The van der Waals surface area contributed by atoms with Gasteiger partial charge in [0.2, 0.25) is 11.7 Å². The molecule has 0 aliphatic rings. The van der Waals surface area contributed by atoms with Gasteiger partial charge in [0.25, 0.3) is 5.91 Å². The zero-order chi connectivity index (χ0) is 33.8. The van der Waals surface area contributed by atoms with Gasteiger partial charge in [0, 0.05) is 24.2 Å². The SMILES string of the molecule is CCOc1ccc(C(c2ccc(OCC)cc2)[C@H](C)NC(=O)[C@H](CC(C)C)NC(=O)c2nccc(OC)c2OC(=O)C(C)C)cc1. The van der Waals surface area contributed by atoms with Crippen molar-refractivity contribution < 1.29 is 33.3 Å². The van der Waals surface area contributed by atoms with Crippen LogP contribution < -0.4 is 29.6 Å². The van der Waals surface area contributed by atoms with Crippen LogP contribution in [0.2, 0.25) is 0 Å². The summed E-state index contributed by atoms with van der Waals surface area (Å²) in [4.78, 5) is 44.1. The van der Waals surface area contributed by atoms with Gasteiger partial charge in [-0.3, -0.25) is 14.4 Å². The Morgan fingerprint density at radius 1 is 0.783 bits per heavy atom. The summed E-state index contributed by atoms with van der Waals surface area (Å²) in [6.45, 7) is 14.2. The molecule has 0 radical (unpaired) electrons. The van der Waals surface area contributed by atoms with Crippen LogP contribution >= 0.6 is 0 Å². The first-order valence-electron chi connectivity index (χ1n) is 15.8. The molecule has 2 N–H and O–H groups in total. The predicted molar refractivity (Wildman–Crippen MR) is 177 cm³/mol. The fourth-order valence-corrected chi connectivity index (χ4v) is 5.05. The number of methoxy groups -OCH3 is 1. The highest BCUT2D eigenvalue weighted by Gasteiger charge is 2.30. The van der Waals surface area contributed by atoms with Gasteiger partial charge in [-0.25, -0.2) is 4.98 Å². The van der Waals surface area contributed by atoms with Gasteiger partial charge in [-0.05, 0) is 68.5 Å². The van der Waals surface area contributed by atoms with Gasteiger partial charge in [-0.1, -0.05) is 52.0 Å². The summed E-state index contributed by atoms with van der Waals surface area (Å²) in [5.41, 5.74) is 1.83. The van der Waals surface area contributed by atoms with E-state index >= 15 is 0 Å². The van der Waals surface area contributed by atoms with Crippen LogP contribution in [-0.4, -0.2) is 55.2 Å². The molecule has 2 atom stereocenters. The number of hydrogen-bond donors (Lipinski definition) is 2. The summed E-state index contributed by atoms with van der Waals surface area (Å²) >= 11 is 0. The predicted octanol–water partition coefficient (Wildman–Crippen LogP) is 5.93. The quantitative estimate of drug-likeness (QED) is 0.186. The third-order valence-corrected chi connectivity index (χ3v) is 7.28. The number of carbonyl (C=O) groups is 3. The number of esters is 1. The lowest BCUT2D eigenvalue weighted by Crippen LogP contribution is -2.51. The molecule has 0 bridgehead atoms. The lowest BCUT2D eigenvalue weighted by Gasteiger charge is -2.29. The molecule has 0 unspecified atom stereocenters. The second kappa shape index (κ2) is 17.2. The van der Waals surface area contributed by atoms with Gasteiger partial charge in [-0.15, -0.1) is 0 Å². The molecule has 0 saturated heterocycles. The van der Waals surface area contributed by atoms with E-state index in [1.165, 1.54) is 19.4 Å². The fraction of sp³-hybridized carbons (Fsp3) is 0.444. The smallest absolute Gasteiger partial charge is 0.313 e. The molecule has 0 saturated carbocycles. The molecular weight excluding hydrogens is 586 g/mol. The second-order valence-corrected chi connectivity index (χ2v) is 11.7. The van der Waals surface area contributed by atoms with E-state index in [4.69, 9.17) is 18.9 Å². The van der Waals surface area contributed by atoms with Crippen LogP contribution in [-0.2, 0) is 9.59 Å². The van der Waals surface area contributed by atoms with E-state index in [1.54, 1.807) is 13.8 Å². The summed E-state index contributed by atoms with van der Waals surface area (Å²) in [5.74, 6) is -0.515. The number of carbonyl (C=O) groups excluding carboxylic acids is 3. The maximum absolute atomic E-state index is 13.9. The molecule has 2 amide bonds. The standard InChI is InChI=1S/C36H47N3O7/c1-9-44-27-15-11-25(12-16-27)31(26-13-17-28(18-14-26)45-10-2)24(7)38-34(40)29(21-22(3)4)39-35(41)32-33(46-36(42)23(5)6)30(43-8)19-20-37-32/h11-20,22-24,29,31H,9-10,21H2,1-8H3,(H,38,40)(H,39,41)/t24-,29-/m0/s1. The maximum atomic E-state index is 13.9. The maximum Gasteiger partial charge on any atom is 0.313 e. The second-order valence-electron chi connectivity index (χ2n) is 11.7. The largest absolute Gasteiger partial charge is 0.494 e. The number of nitrogens with zero attached hydrogens (tertiary/aromatic N) is 1. The van der Waals surface area contributed by atoms with Gasteiger partial charge in [-0.2, -0.15) is 0 Å². The minimum Gasteiger partial charge on any atom is -0.494 e. The third kappa shape index (κ3) is 9.70. The zero-order valence-electron chi connectivity index (χ0n) is 28.1. The Labute approximate surface area is 272 Å². The van der Waals surface area contributed by atoms with Crippen molar-refractivity contribution in [2.45, 2.75) is 72.9 Å². The van der Waals surface area contributed by atoms with Crippen molar-refractivity contribution in [3.63, 3.8) is 0 Å².